The van der Waals surface area contributed by atoms with Crippen LogP contribution >= 0.6 is 0 Å². The molecule has 7 heteroatoms. The number of nitrogens with zero attached hydrogens (tertiary/aromatic N) is 1. The van der Waals surface area contributed by atoms with Crippen LogP contribution in [0.5, 0.6) is 0 Å². The zero-order valence-electron chi connectivity index (χ0n) is 27.5. The third-order valence-corrected chi connectivity index (χ3v) is 10.5. The zero-order chi connectivity index (χ0) is 36.2. The molecule has 10 rings (SSSR count). The maximum Gasteiger partial charge on any atom is 0.433 e. The average Bonchev–Trinajstić information content (AvgIpc) is 3.16. The molecule has 0 N–H and O–H groups in total. The van der Waals surface area contributed by atoms with Gasteiger partial charge in [-0.1, -0.05) is 103 Å². The summed E-state index contributed by atoms with van der Waals surface area (Å²) in [6, 6.07) is 37.8. The molecule has 0 aliphatic rings. The Kier molecular flexibility index (Phi) is 6.65. The van der Waals surface area contributed by atoms with Crippen molar-refractivity contribution in [3.8, 4) is 33.4 Å². The number of pyridine rings is 1. The van der Waals surface area contributed by atoms with E-state index in [1.54, 1.807) is 36.4 Å². The van der Waals surface area contributed by atoms with Gasteiger partial charge < -0.3 is 0 Å². The van der Waals surface area contributed by atoms with Gasteiger partial charge in [-0.2, -0.15) is 13.2 Å². The molecule has 0 spiro atoms. The van der Waals surface area contributed by atoms with Crippen LogP contribution in [0.15, 0.2) is 140 Å². The van der Waals surface area contributed by atoms with Crippen LogP contribution in [0.1, 0.15) is 5.69 Å². The molecule has 0 saturated heterocycles. The van der Waals surface area contributed by atoms with Crippen molar-refractivity contribution in [3.05, 3.63) is 163 Å². The van der Waals surface area contributed by atoms with Crippen molar-refractivity contribution in [2.24, 2.45) is 0 Å². The summed E-state index contributed by atoms with van der Waals surface area (Å²) in [4.78, 5) is 3.72. The molecule has 1 heterocycles. The van der Waals surface area contributed by atoms with E-state index in [2.05, 4.69) is 4.98 Å². The van der Waals surface area contributed by atoms with Crippen LogP contribution in [0.2, 0.25) is 0 Å². The van der Waals surface area contributed by atoms with Gasteiger partial charge in [-0.25, -0.2) is 13.2 Å². The lowest BCUT2D eigenvalue weighted by atomic mass is 9.82. The molecular weight excluding hydrogens is 681 g/mol. The van der Waals surface area contributed by atoms with Gasteiger partial charge in [0.2, 0.25) is 0 Å². The molecule has 0 radical (unpaired) electrons. The number of aromatic nitrogens is 1. The summed E-state index contributed by atoms with van der Waals surface area (Å²) in [5.41, 5.74) is 3.07. The van der Waals surface area contributed by atoms with E-state index in [1.807, 2.05) is 66.7 Å². The predicted molar refractivity (Wildman–Crippen MR) is 202 cm³/mol. The van der Waals surface area contributed by atoms with Crippen molar-refractivity contribution < 1.29 is 26.3 Å². The summed E-state index contributed by atoms with van der Waals surface area (Å²) < 4.78 is 86.8. The van der Waals surface area contributed by atoms with Crippen molar-refractivity contribution in [2.45, 2.75) is 6.18 Å². The quantitative estimate of drug-likeness (QED) is 0.101. The molecule has 1 nitrogen and oxygen atoms in total. The molecule has 0 bridgehead atoms. The summed E-state index contributed by atoms with van der Waals surface area (Å²) in [5, 5.41) is 8.26. The number of alkyl halides is 3. The number of benzene rings is 9. The van der Waals surface area contributed by atoms with Crippen molar-refractivity contribution in [3.63, 3.8) is 0 Å². The second kappa shape index (κ2) is 11.3. The molecule has 0 fully saturated rings. The Morgan fingerprint density at radius 3 is 1.79 bits per heavy atom. The standard InChI is InChI=1S/C46H23F6N/c47-26-12-15-35-37(21-26)42(25-11-20-41(53-23-25)46(50,51)52)31-7-3-4-8-32(31)44(35)33-16-17-36-40(49)22-38-29(13-9-24-10-14-34(33)45(36)43(24)38)28-18-19-39(48)30-6-2-1-5-27(28)30/h1-23H. The number of halogens is 6. The summed E-state index contributed by atoms with van der Waals surface area (Å²) in [7, 11) is 0. The fraction of sp³-hybridized carbons (Fsp3) is 0.0217. The largest absolute Gasteiger partial charge is 0.433 e. The predicted octanol–water partition coefficient (Wildman–Crippen LogP) is 13.9. The minimum Gasteiger partial charge on any atom is -0.251 e. The molecular formula is C46H23F6N. The van der Waals surface area contributed by atoms with Crippen LogP contribution in [0, 0.1) is 17.5 Å². The average molecular weight is 704 g/mol. The highest BCUT2D eigenvalue weighted by molar-refractivity contribution is 6.31. The van der Waals surface area contributed by atoms with Crippen LogP contribution in [-0.4, -0.2) is 4.98 Å². The Balaban J connectivity index is 1.30. The minimum atomic E-state index is -4.61. The molecule has 1 aromatic heterocycles. The van der Waals surface area contributed by atoms with E-state index in [-0.39, 0.29) is 5.82 Å². The Hall–Kier alpha value is -6.47. The molecule has 0 aliphatic carbocycles. The van der Waals surface area contributed by atoms with Gasteiger partial charge in [0.25, 0.3) is 0 Å². The smallest absolute Gasteiger partial charge is 0.251 e. The molecule has 254 valence electrons. The first-order valence-corrected chi connectivity index (χ1v) is 16.9. The van der Waals surface area contributed by atoms with Crippen molar-refractivity contribution in [1.29, 1.82) is 0 Å². The highest BCUT2D eigenvalue weighted by atomic mass is 19.4. The highest BCUT2D eigenvalue weighted by Gasteiger charge is 2.32. The fourth-order valence-electron chi connectivity index (χ4n) is 8.25. The Morgan fingerprint density at radius 1 is 0.415 bits per heavy atom. The Labute approximate surface area is 297 Å². The SMILES string of the molecule is Fc1ccc2c(-c3ccc4c(F)cc5c(-c6ccc(F)c7ccccc67)ccc6ccc3c4c65)c3ccccc3c(-c3ccc(C(F)(F)F)nc3)c2c1. The van der Waals surface area contributed by atoms with Crippen LogP contribution in [0.3, 0.4) is 0 Å². The number of hydrogen-bond donors (Lipinski definition) is 0. The lowest BCUT2D eigenvalue weighted by Crippen LogP contribution is -2.07. The topological polar surface area (TPSA) is 12.9 Å². The number of fused-ring (bicyclic) bond motifs is 3. The first kappa shape index (κ1) is 31.3. The molecule has 53 heavy (non-hydrogen) atoms. The van der Waals surface area contributed by atoms with Crippen LogP contribution in [0.4, 0.5) is 26.3 Å². The second-order valence-electron chi connectivity index (χ2n) is 13.3. The van der Waals surface area contributed by atoms with Crippen molar-refractivity contribution in [2.75, 3.05) is 0 Å². The molecule has 0 atom stereocenters. The van der Waals surface area contributed by atoms with E-state index in [0.717, 1.165) is 60.6 Å². The van der Waals surface area contributed by atoms with Crippen LogP contribution in [-0.2, 0) is 6.18 Å². The molecule has 0 aliphatic heterocycles. The van der Waals surface area contributed by atoms with Crippen molar-refractivity contribution in [1.82, 2.24) is 4.98 Å². The third kappa shape index (κ3) is 4.63. The second-order valence-corrected chi connectivity index (χ2v) is 13.3. The van der Waals surface area contributed by atoms with Crippen LogP contribution < -0.4 is 0 Å². The van der Waals surface area contributed by atoms with E-state index in [9.17, 15) is 17.6 Å². The third-order valence-electron chi connectivity index (χ3n) is 10.5. The van der Waals surface area contributed by atoms with Gasteiger partial charge in [-0.05, 0) is 107 Å². The Bertz CT molecular complexity index is 3130. The van der Waals surface area contributed by atoms with Gasteiger partial charge in [-0.15, -0.1) is 0 Å². The lowest BCUT2D eigenvalue weighted by Gasteiger charge is -2.21. The normalized spacial score (nSPS) is 12.3. The lowest BCUT2D eigenvalue weighted by molar-refractivity contribution is -0.141. The van der Waals surface area contributed by atoms with E-state index < -0.39 is 23.5 Å². The summed E-state index contributed by atoms with van der Waals surface area (Å²) in [5.74, 6) is -1.24. The number of rotatable bonds is 3. The summed E-state index contributed by atoms with van der Waals surface area (Å²) in [6.45, 7) is 0. The molecule has 0 amide bonds. The first-order valence-electron chi connectivity index (χ1n) is 16.9. The summed E-state index contributed by atoms with van der Waals surface area (Å²) in [6.07, 6.45) is -3.43. The van der Waals surface area contributed by atoms with Gasteiger partial charge in [0.05, 0.1) is 0 Å². The van der Waals surface area contributed by atoms with E-state index in [0.29, 0.717) is 43.4 Å². The van der Waals surface area contributed by atoms with Crippen LogP contribution in [0.25, 0.3) is 98.0 Å². The summed E-state index contributed by atoms with van der Waals surface area (Å²) >= 11 is 0. The van der Waals surface area contributed by atoms with Gasteiger partial charge in [-0.3, -0.25) is 4.98 Å². The maximum atomic E-state index is 16.4. The zero-order valence-corrected chi connectivity index (χ0v) is 27.5. The van der Waals surface area contributed by atoms with Gasteiger partial charge in [0.15, 0.2) is 0 Å². The van der Waals surface area contributed by atoms with E-state index in [4.69, 9.17) is 0 Å². The van der Waals surface area contributed by atoms with Gasteiger partial charge in [0, 0.05) is 27.9 Å². The molecule has 0 unspecified atom stereocenters. The Morgan fingerprint density at radius 2 is 1.04 bits per heavy atom. The van der Waals surface area contributed by atoms with E-state index in [1.165, 1.54) is 30.5 Å². The minimum absolute atomic E-state index is 0.335. The van der Waals surface area contributed by atoms with Gasteiger partial charge in [0.1, 0.15) is 23.1 Å². The van der Waals surface area contributed by atoms with Crippen molar-refractivity contribution >= 4 is 64.6 Å². The first-order chi connectivity index (χ1) is 25.7. The molecule has 10 aromatic rings. The molecule has 9 aromatic carbocycles. The van der Waals surface area contributed by atoms with E-state index >= 15 is 8.78 Å². The fourth-order valence-corrected chi connectivity index (χ4v) is 8.25. The molecule has 0 saturated carbocycles. The highest BCUT2D eigenvalue weighted by Crippen LogP contribution is 2.49. The van der Waals surface area contributed by atoms with Gasteiger partial charge >= 0.3 is 6.18 Å². The maximum absolute atomic E-state index is 16.4. The monoisotopic (exact) mass is 703 g/mol. The number of hydrogen-bond acceptors (Lipinski definition) is 1.